The molecule has 5 aromatic carbocycles. The maximum atomic E-state index is 10.1. The molecular weight excluding hydrogens is 2180 g/mol. The number of carbonyl (C=O) groups is 4. The number of hydrogen-bond donors (Lipinski definition) is 4. The van der Waals surface area contributed by atoms with Crippen molar-refractivity contribution >= 4 is 34.9 Å². The number of carbonyl (C=O) groups excluding carboxylic acids is 2. The molecule has 5 radical (unpaired) electrons. The molecule has 0 bridgehead atoms. The Labute approximate surface area is 651 Å². The molecule has 0 saturated heterocycles. The molecule has 0 atom stereocenters. The number of ketones is 2. The molecule has 525 valence electrons. The fourth-order valence-corrected chi connectivity index (χ4v) is 6.83. The van der Waals surface area contributed by atoms with Crippen molar-refractivity contribution in [1.82, 2.24) is 58.9 Å². The minimum absolute atomic E-state index is 0. The molecule has 0 spiro atoms. The first-order valence-electron chi connectivity index (χ1n) is 28.0. The number of aryl methyl sites for hydroxylation is 1. The van der Waals surface area contributed by atoms with E-state index in [9.17, 15) is 19.2 Å². The van der Waals surface area contributed by atoms with Gasteiger partial charge in [0.05, 0.1) is 41.7 Å². The molecule has 7 aromatic heterocycles. The van der Waals surface area contributed by atoms with Crippen LogP contribution in [0.4, 0.5) is 11.4 Å². The third-order valence-corrected chi connectivity index (χ3v) is 10.9. The standard InChI is InChI=1S/4C10H6N3.C10H9N2.2C6H5NO2.2C5H8O2.5Ir/c2*11-8-9-2-4-10(5-3-9)13-7-1-6-12-13;2*1-11-9-4-2-5-10(8-9)13-7-3-6-12-13;1-9-7-8-12(11-9)10-5-3-2-4-6-10;2*8-6(9)5-3-1-2-4-7-5;2*1-4(6)3-5(2)7;;;;;/h2*1-4,6-7H;2*2-4,6-8H;2-5,7-8H,1H3;2*1-4H,(H,8,9);2*3,6H,1-2H3;;;;;/q5*-1;;;;;;;;;. The summed E-state index contributed by atoms with van der Waals surface area (Å²) >= 11 is 0. The zero-order valence-electron chi connectivity index (χ0n) is 53.8. The molecule has 0 amide bonds. The van der Waals surface area contributed by atoms with Crippen LogP contribution < -0.4 is 0 Å². The first kappa shape index (κ1) is 92.1. The van der Waals surface area contributed by atoms with Gasteiger partial charge in [0.2, 0.25) is 0 Å². The SMILES string of the molecule is CC(=O)C=C(C)O.CC(=O)C=C(C)O.Cc1ccn(-c2[c-]cccc2)n1.N#Cc1c[c-]c(-n2cccn2)cc1.N#Cc1c[c-]c(-n2cccn2)cc1.O=C(O)c1ccccn1.O=C(O)c1ccccn1.[C-]#[N+]c1cc[c-]c(-n2cccn2)c1.[C-]#[N+]c1cc[c-]c(-n2cccn2)c1.[Ir].[Ir].[Ir].[Ir].[Ir]. The summed E-state index contributed by atoms with van der Waals surface area (Å²) in [5, 5.41) is 70.9. The molecule has 101 heavy (non-hydrogen) atoms. The Balaban J connectivity index is 0. The average molecular weight is 2240 g/mol. The summed E-state index contributed by atoms with van der Waals surface area (Å²) in [5.41, 5.74) is 7.83. The van der Waals surface area contributed by atoms with Crippen molar-refractivity contribution in [2.75, 3.05) is 0 Å². The number of rotatable bonds is 9. The molecule has 0 aliphatic rings. The Kier molecular flexibility index (Phi) is 48.4. The van der Waals surface area contributed by atoms with Gasteiger partial charge in [-0.15, -0.1) is 30.3 Å². The molecule has 0 saturated carbocycles. The number of para-hydroxylation sites is 1. The molecule has 29 heteroatoms. The van der Waals surface area contributed by atoms with E-state index in [4.69, 9.17) is 44.1 Å². The smallest absolute Gasteiger partial charge is 0.354 e. The summed E-state index contributed by atoms with van der Waals surface area (Å²) in [6, 6.07) is 66.5. The van der Waals surface area contributed by atoms with Gasteiger partial charge in [-0.3, -0.25) is 42.7 Å². The Morgan fingerprint density at radius 2 is 0.802 bits per heavy atom. The molecule has 7 heterocycles. The third-order valence-electron chi connectivity index (χ3n) is 10.9. The van der Waals surface area contributed by atoms with E-state index in [-0.39, 0.29) is 135 Å². The summed E-state index contributed by atoms with van der Waals surface area (Å²) in [6.07, 6.45) is 21.2. The molecule has 12 aromatic rings. The second kappa shape index (κ2) is 53.0. The predicted molar refractivity (Wildman–Crippen MR) is 355 cm³/mol. The number of aliphatic hydroxyl groups is 2. The summed E-state index contributed by atoms with van der Waals surface area (Å²) in [7, 11) is 0. The van der Waals surface area contributed by atoms with Gasteiger partial charge < -0.3 is 20.4 Å². The molecule has 0 unspecified atom stereocenters. The van der Waals surface area contributed by atoms with Crippen LogP contribution >= 0.6 is 0 Å². The molecule has 0 fully saturated rings. The number of carboxylic acid groups (broad SMARTS) is 2. The van der Waals surface area contributed by atoms with Crippen LogP contribution in [0.2, 0.25) is 0 Å². The van der Waals surface area contributed by atoms with Crippen molar-refractivity contribution in [3.63, 3.8) is 0 Å². The van der Waals surface area contributed by atoms with Crippen molar-refractivity contribution in [2.45, 2.75) is 34.6 Å². The molecule has 0 aliphatic heterocycles. The number of allylic oxidation sites excluding steroid dienone is 4. The maximum Gasteiger partial charge on any atom is 0.354 e. The van der Waals surface area contributed by atoms with Crippen molar-refractivity contribution in [3.05, 3.63) is 337 Å². The van der Waals surface area contributed by atoms with E-state index in [1.165, 1.54) is 64.4 Å². The zero-order valence-corrected chi connectivity index (χ0v) is 65.8. The number of nitrogens with zero attached hydrogens (tertiary/aromatic N) is 16. The van der Waals surface area contributed by atoms with Gasteiger partial charge in [-0.25, -0.2) is 30.1 Å². The van der Waals surface area contributed by atoms with Crippen LogP contribution in [-0.4, -0.2) is 103 Å². The van der Waals surface area contributed by atoms with Gasteiger partial charge in [-0.2, -0.15) is 123 Å². The molecule has 12 rings (SSSR count). The Morgan fingerprint density at radius 3 is 1.04 bits per heavy atom. The van der Waals surface area contributed by atoms with E-state index in [1.807, 2.05) is 121 Å². The van der Waals surface area contributed by atoms with E-state index in [0.29, 0.717) is 22.5 Å². The quantitative estimate of drug-likeness (QED) is 0.0593. The number of pyridine rings is 2. The molecular formula is C72H59Ir5N16O8-5. The van der Waals surface area contributed by atoms with Crippen LogP contribution in [0.1, 0.15) is 65.5 Å². The molecule has 0 aliphatic carbocycles. The molecule has 24 nitrogen and oxygen atoms in total. The van der Waals surface area contributed by atoms with E-state index >= 15 is 0 Å². The van der Waals surface area contributed by atoms with Gasteiger partial charge in [-0.1, -0.05) is 34.6 Å². The Morgan fingerprint density at radius 1 is 0.436 bits per heavy atom. The van der Waals surface area contributed by atoms with Gasteiger partial charge in [0.25, 0.3) is 0 Å². The number of hydrogen-bond acceptors (Lipinski definition) is 15. The van der Waals surface area contributed by atoms with Crippen molar-refractivity contribution in [2.24, 2.45) is 0 Å². The number of aromatic nitrogens is 12. The zero-order chi connectivity index (χ0) is 69.9. The first-order valence-corrected chi connectivity index (χ1v) is 28.0. The van der Waals surface area contributed by atoms with Crippen LogP contribution in [0.5, 0.6) is 0 Å². The van der Waals surface area contributed by atoms with Gasteiger partial charge in [0, 0.05) is 193 Å². The van der Waals surface area contributed by atoms with E-state index in [2.05, 4.69) is 75.5 Å². The number of nitriles is 2. The first-order chi connectivity index (χ1) is 46.3. The van der Waals surface area contributed by atoms with E-state index in [1.54, 1.807) is 128 Å². The summed E-state index contributed by atoms with van der Waals surface area (Å²) in [6.45, 7) is 21.4. The fourth-order valence-electron chi connectivity index (χ4n) is 6.83. The van der Waals surface area contributed by atoms with E-state index < -0.39 is 11.9 Å². The summed E-state index contributed by atoms with van der Waals surface area (Å²) in [4.78, 5) is 54.1. The summed E-state index contributed by atoms with van der Waals surface area (Å²) in [5.74, 6) is -2.11. The Hall–Kier alpha value is -11.0. The topological polar surface area (TPSA) is 320 Å². The fraction of sp³-hybridized carbons (Fsp3) is 0.0694. The monoisotopic (exact) mass is 2240 g/mol. The van der Waals surface area contributed by atoms with Gasteiger partial charge in [-0.05, 0) is 106 Å². The second-order valence-electron chi connectivity index (χ2n) is 18.5. The molecule has 4 N–H and O–H groups in total. The van der Waals surface area contributed by atoms with Crippen LogP contribution in [0.3, 0.4) is 0 Å². The van der Waals surface area contributed by atoms with Crippen LogP contribution in [0, 0.1) is 73.1 Å². The minimum Gasteiger partial charge on any atom is -0.512 e. The van der Waals surface area contributed by atoms with Crippen LogP contribution in [-0.2, 0) is 110 Å². The van der Waals surface area contributed by atoms with Crippen LogP contribution in [0.15, 0.2) is 256 Å². The third kappa shape index (κ3) is 37.5. The second-order valence-corrected chi connectivity index (χ2v) is 18.5. The van der Waals surface area contributed by atoms with Crippen molar-refractivity contribution < 1.29 is 140 Å². The number of aliphatic hydroxyl groups excluding tert-OH is 2. The number of benzene rings is 5. The maximum absolute atomic E-state index is 10.1. The normalized spacial score (nSPS) is 9.24. The minimum atomic E-state index is -0.990. The van der Waals surface area contributed by atoms with Gasteiger partial charge in [0.1, 0.15) is 11.4 Å². The van der Waals surface area contributed by atoms with Crippen LogP contribution in [0.25, 0.3) is 38.1 Å². The van der Waals surface area contributed by atoms with Gasteiger partial charge >= 0.3 is 11.9 Å². The number of carboxylic acids is 2. The van der Waals surface area contributed by atoms with E-state index in [0.717, 1.165) is 34.1 Å². The largest absolute Gasteiger partial charge is 0.512 e. The van der Waals surface area contributed by atoms with Gasteiger partial charge in [0.15, 0.2) is 11.6 Å². The predicted octanol–water partition coefficient (Wildman–Crippen LogP) is 13.1. The van der Waals surface area contributed by atoms with Crippen molar-refractivity contribution in [1.29, 1.82) is 10.5 Å². The average Bonchev–Trinajstić information content (AvgIpc) is 1.69. The van der Waals surface area contributed by atoms with Crippen molar-refractivity contribution in [3.8, 4) is 40.6 Å². The number of aromatic carboxylic acids is 2. The Bertz CT molecular complexity index is 4260. The summed E-state index contributed by atoms with van der Waals surface area (Å²) < 4.78 is 8.56.